The summed E-state index contributed by atoms with van der Waals surface area (Å²) in [5, 5.41) is 8.79. The summed E-state index contributed by atoms with van der Waals surface area (Å²) in [4.78, 5) is 10.8. The van der Waals surface area contributed by atoms with E-state index < -0.39 is 29.7 Å². The fourth-order valence-corrected chi connectivity index (χ4v) is 2.25. The molecule has 0 amide bonds. The van der Waals surface area contributed by atoms with Gasteiger partial charge in [0.05, 0.1) is 12.0 Å². The van der Waals surface area contributed by atoms with Gasteiger partial charge in [-0.25, -0.2) is 0 Å². The van der Waals surface area contributed by atoms with Gasteiger partial charge in [0, 0.05) is 12.0 Å². The Morgan fingerprint density at radius 1 is 1.42 bits per heavy atom. The third-order valence-electron chi connectivity index (χ3n) is 2.91. The van der Waals surface area contributed by atoms with E-state index in [2.05, 4.69) is 0 Å². The molecule has 1 N–H and O–H groups in total. The lowest BCUT2D eigenvalue weighted by molar-refractivity contribution is -0.138. The molecular formula is C13H13F3O3. The zero-order chi connectivity index (χ0) is 14.4. The minimum atomic E-state index is -4.49. The van der Waals surface area contributed by atoms with Crippen molar-refractivity contribution in [3.8, 4) is 5.75 Å². The molecule has 1 aliphatic heterocycles. The molecule has 1 aliphatic rings. The summed E-state index contributed by atoms with van der Waals surface area (Å²) in [6, 6.07) is 1.89. The first-order valence-electron chi connectivity index (χ1n) is 5.72. The van der Waals surface area contributed by atoms with Crippen LogP contribution in [0.1, 0.15) is 30.5 Å². The molecule has 104 valence electrons. The van der Waals surface area contributed by atoms with Gasteiger partial charge in [-0.2, -0.15) is 13.2 Å². The van der Waals surface area contributed by atoms with Crippen LogP contribution >= 0.6 is 0 Å². The normalized spacial score (nSPS) is 16.9. The number of fused-ring (bicyclic) bond motifs is 1. The molecule has 0 aliphatic carbocycles. The van der Waals surface area contributed by atoms with Crippen molar-refractivity contribution in [2.45, 2.75) is 38.5 Å². The molecule has 0 fully saturated rings. The average Bonchev–Trinajstić information content (AvgIpc) is 2.50. The number of halogens is 3. The Hall–Kier alpha value is -1.72. The third kappa shape index (κ3) is 2.83. The van der Waals surface area contributed by atoms with E-state index in [1.54, 1.807) is 13.8 Å². The topological polar surface area (TPSA) is 46.5 Å². The Labute approximate surface area is 108 Å². The monoisotopic (exact) mass is 274 g/mol. The highest BCUT2D eigenvalue weighted by Gasteiger charge is 2.37. The van der Waals surface area contributed by atoms with Crippen LogP contribution in [0.15, 0.2) is 12.1 Å². The highest BCUT2D eigenvalue weighted by molar-refractivity contribution is 5.72. The van der Waals surface area contributed by atoms with Crippen molar-refractivity contribution < 1.29 is 27.8 Å². The van der Waals surface area contributed by atoms with Gasteiger partial charge in [0.2, 0.25) is 0 Å². The molecule has 0 unspecified atom stereocenters. The quantitative estimate of drug-likeness (QED) is 0.901. The van der Waals surface area contributed by atoms with Crippen molar-refractivity contribution in [3.05, 3.63) is 28.8 Å². The zero-order valence-corrected chi connectivity index (χ0v) is 10.5. The number of carbonyl (C=O) groups is 1. The molecular weight excluding hydrogens is 261 g/mol. The maximum absolute atomic E-state index is 12.8. The van der Waals surface area contributed by atoms with Crippen molar-refractivity contribution in [2.24, 2.45) is 0 Å². The smallest absolute Gasteiger partial charge is 0.416 e. The van der Waals surface area contributed by atoms with Gasteiger partial charge < -0.3 is 9.84 Å². The molecule has 6 heteroatoms. The number of alkyl halides is 3. The van der Waals surface area contributed by atoms with E-state index in [1.165, 1.54) is 0 Å². The van der Waals surface area contributed by atoms with Crippen LogP contribution in [0.2, 0.25) is 0 Å². The Balaban J connectivity index is 2.53. The van der Waals surface area contributed by atoms with E-state index in [0.717, 1.165) is 12.1 Å². The van der Waals surface area contributed by atoms with Crippen LogP contribution in [0, 0.1) is 0 Å². The van der Waals surface area contributed by atoms with Crippen LogP contribution in [-0.4, -0.2) is 16.7 Å². The van der Waals surface area contributed by atoms with Gasteiger partial charge in [0.1, 0.15) is 11.4 Å². The Bertz CT molecular complexity index is 533. The molecule has 0 saturated carbocycles. The van der Waals surface area contributed by atoms with Gasteiger partial charge in [0.15, 0.2) is 0 Å². The molecule has 1 heterocycles. The van der Waals surface area contributed by atoms with Crippen molar-refractivity contribution in [1.29, 1.82) is 0 Å². The number of rotatable bonds is 2. The lowest BCUT2D eigenvalue weighted by Gasteiger charge is -2.18. The van der Waals surface area contributed by atoms with Crippen molar-refractivity contribution >= 4 is 5.97 Å². The molecule has 0 spiro atoms. The van der Waals surface area contributed by atoms with E-state index in [-0.39, 0.29) is 11.3 Å². The summed E-state index contributed by atoms with van der Waals surface area (Å²) >= 11 is 0. The predicted octanol–water partition coefficient (Wildman–Crippen LogP) is 3.05. The van der Waals surface area contributed by atoms with Crippen LogP contribution in [0.3, 0.4) is 0 Å². The molecule has 0 radical (unpaired) electrons. The van der Waals surface area contributed by atoms with Crippen LogP contribution < -0.4 is 4.74 Å². The van der Waals surface area contributed by atoms with Crippen molar-refractivity contribution in [3.63, 3.8) is 0 Å². The summed E-state index contributed by atoms with van der Waals surface area (Å²) in [6.45, 7) is 3.51. The molecule has 0 atom stereocenters. The molecule has 0 bridgehead atoms. The second-order valence-corrected chi connectivity index (χ2v) is 5.23. The van der Waals surface area contributed by atoms with Crippen molar-refractivity contribution in [2.75, 3.05) is 0 Å². The van der Waals surface area contributed by atoms with Crippen molar-refractivity contribution in [1.82, 2.24) is 0 Å². The fourth-order valence-electron chi connectivity index (χ4n) is 2.25. The molecule has 3 nitrogen and oxygen atoms in total. The third-order valence-corrected chi connectivity index (χ3v) is 2.91. The van der Waals surface area contributed by atoms with E-state index >= 15 is 0 Å². The molecule has 19 heavy (non-hydrogen) atoms. The summed E-state index contributed by atoms with van der Waals surface area (Å²) in [5.74, 6) is -0.907. The summed E-state index contributed by atoms with van der Waals surface area (Å²) in [7, 11) is 0. The molecule has 2 rings (SSSR count). The first kappa shape index (κ1) is 13.7. The molecule has 1 aromatic carbocycles. The number of ether oxygens (including phenoxy) is 1. The number of benzene rings is 1. The van der Waals surface area contributed by atoms with Gasteiger partial charge >= 0.3 is 12.1 Å². The molecule has 0 aromatic heterocycles. The van der Waals surface area contributed by atoms with E-state index in [0.29, 0.717) is 12.0 Å². The first-order valence-corrected chi connectivity index (χ1v) is 5.72. The number of hydrogen-bond donors (Lipinski definition) is 1. The van der Waals surface area contributed by atoms with Gasteiger partial charge in [-0.1, -0.05) is 0 Å². The van der Waals surface area contributed by atoms with Crippen LogP contribution in [0.4, 0.5) is 13.2 Å². The predicted molar refractivity (Wildman–Crippen MR) is 61.2 cm³/mol. The van der Waals surface area contributed by atoms with E-state index in [9.17, 15) is 18.0 Å². The van der Waals surface area contributed by atoms with E-state index in [4.69, 9.17) is 9.84 Å². The van der Waals surface area contributed by atoms with Gasteiger partial charge in [-0.3, -0.25) is 4.79 Å². The second kappa shape index (κ2) is 4.15. The minimum Gasteiger partial charge on any atom is -0.487 e. The minimum absolute atomic E-state index is 0.0721. The molecule has 1 aromatic rings. The molecule has 0 saturated heterocycles. The van der Waals surface area contributed by atoms with Crippen LogP contribution in [0.5, 0.6) is 5.75 Å². The SMILES string of the molecule is CC1(C)Cc2cc(C(F)(F)F)cc(CC(=O)O)c2O1. The van der Waals surface area contributed by atoms with Crippen LogP contribution in [-0.2, 0) is 23.8 Å². The fraction of sp³-hybridized carbons (Fsp3) is 0.462. The standard InChI is InChI=1S/C13H13F3O3/c1-12(2)6-8-4-9(13(14,15)16)3-7(5-10(17)18)11(8)19-12/h3-4H,5-6H2,1-2H3,(H,17,18). The van der Waals surface area contributed by atoms with Gasteiger partial charge in [0.25, 0.3) is 0 Å². The van der Waals surface area contributed by atoms with Gasteiger partial charge in [-0.15, -0.1) is 0 Å². The lowest BCUT2D eigenvalue weighted by atomic mass is 9.97. The first-order chi connectivity index (χ1) is 8.58. The Morgan fingerprint density at radius 3 is 2.58 bits per heavy atom. The second-order valence-electron chi connectivity index (χ2n) is 5.23. The number of carboxylic acids is 1. The number of aliphatic carboxylic acids is 1. The highest BCUT2D eigenvalue weighted by Crippen LogP contribution is 2.42. The number of hydrogen-bond acceptors (Lipinski definition) is 2. The zero-order valence-electron chi connectivity index (χ0n) is 10.5. The largest absolute Gasteiger partial charge is 0.487 e. The van der Waals surface area contributed by atoms with E-state index in [1.807, 2.05) is 0 Å². The summed E-state index contributed by atoms with van der Waals surface area (Å²) < 4.78 is 43.9. The maximum Gasteiger partial charge on any atom is 0.416 e. The maximum atomic E-state index is 12.8. The Morgan fingerprint density at radius 2 is 2.05 bits per heavy atom. The van der Waals surface area contributed by atoms with Gasteiger partial charge in [-0.05, 0) is 31.5 Å². The summed E-state index contributed by atoms with van der Waals surface area (Å²) in [5.41, 5.74) is -0.956. The highest BCUT2D eigenvalue weighted by atomic mass is 19.4. The Kier molecular flexibility index (Phi) is 2.99. The average molecular weight is 274 g/mol. The van der Waals surface area contributed by atoms with Crippen LogP contribution in [0.25, 0.3) is 0 Å². The summed E-state index contributed by atoms with van der Waals surface area (Å²) in [6.07, 6.45) is -4.64. The number of carboxylic acid groups (broad SMARTS) is 1. The lowest BCUT2D eigenvalue weighted by Crippen LogP contribution is -2.25.